The quantitative estimate of drug-likeness (QED) is 0.500. The van der Waals surface area contributed by atoms with Crippen molar-refractivity contribution in [2.24, 2.45) is 0 Å². The Morgan fingerprint density at radius 1 is 1.13 bits per heavy atom. The summed E-state index contributed by atoms with van der Waals surface area (Å²) in [6, 6.07) is 15.9. The van der Waals surface area contributed by atoms with Crippen molar-refractivity contribution in [3.63, 3.8) is 0 Å². The minimum Gasteiger partial charge on any atom is -0.344 e. The lowest BCUT2D eigenvalue weighted by Gasteiger charge is -2.18. The Bertz CT molecular complexity index is 1140. The average molecular weight is 438 g/mol. The number of hydrogen-bond acceptors (Lipinski definition) is 5. The van der Waals surface area contributed by atoms with Crippen molar-refractivity contribution in [2.75, 3.05) is 0 Å². The van der Waals surface area contributed by atoms with Crippen molar-refractivity contribution >= 4 is 22.0 Å². The summed E-state index contributed by atoms with van der Waals surface area (Å²) >= 11 is 0. The van der Waals surface area contributed by atoms with E-state index < -0.39 is 10.0 Å². The summed E-state index contributed by atoms with van der Waals surface area (Å²) in [5.74, 6) is -0.263. The van der Waals surface area contributed by atoms with E-state index in [-0.39, 0.29) is 22.9 Å². The third kappa shape index (κ3) is 5.87. The van der Waals surface area contributed by atoms with Gasteiger partial charge in [0.1, 0.15) is 12.7 Å². The molecule has 1 heterocycles. The van der Waals surface area contributed by atoms with Gasteiger partial charge < -0.3 is 5.32 Å². The molecule has 3 aromatic rings. The minimum absolute atomic E-state index is 0.0587. The average Bonchev–Trinajstić information content (AvgIpc) is 3.42. The summed E-state index contributed by atoms with van der Waals surface area (Å²) in [6.45, 7) is 0.449. The fourth-order valence-electron chi connectivity index (χ4n) is 3.07. The number of benzene rings is 2. The van der Waals surface area contributed by atoms with Gasteiger partial charge in [-0.05, 0) is 42.2 Å². The molecule has 8 nitrogen and oxygen atoms in total. The number of carbonyl (C=O) groups excluding carboxylic acids is 1. The summed E-state index contributed by atoms with van der Waals surface area (Å²) < 4.78 is 28.8. The minimum atomic E-state index is -3.48. The zero-order valence-electron chi connectivity index (χ0n) is 16.8. The number of carbonyl (C=O) groups is 1. The summed E-state index contributed by atoms with van der Waals surface area (Å²) in [5, 5.41) is 7.10. The number of sulfonamides is 1. The molecule has 1 saturated carbocycles. The molecule has 0 saturated heterocycles. The topological polar surface area (TPSA) is 106 Å². The second kappa shape index (κ2) is 9.23. The Hall–Kier alpha value is -3.30. The highest BCUT2D eigenvalue weighted by atomic mass is 32.2. The Morgan fingerprint density at radius 3 is 2.52 bits per heavy atom. The van der Waals surface area contributed by atoms with Crippen LogP contribution in [0.1, 0.15) is 30.0 Å². The largest absolute Gasteiger partial charge is 0.344 e. The lowest BCUT2D eigenvalue weighted by atomic mass is 10.1. The summed E-state index contributed by atoms with van der Waals surface area (Å²) in [4.78, 5) is 16.7. The standard InChI is InChI=1S/C22H23N5O3S/c28-22(25-21(14-27-16-23-15-24-27)18-4-2-1-3-5-18)13-8-17-6-11-20(12-7-17)31(29,30)26-19-9-10-19/h1-8,11-13,15-16,19,21,26H,9-10,14H2,(H,25,28)/b13-8+. The number of hydrogen-bond donors (Lipinski definition) is 2. The smallest absolute Gasteiger partial charge is 0.244 e. The monoisotopic (exact) mass is 437 g/mol. The number of rotatable bonds is 9. The molecule has 1 fully saturated rings. The van der Waals surface area contributed by atoms with Crippen LogP contribution in [-0.4, -0.2) is 35.1 Å². The maximum atomic E-state index is 12.5. The number of nitrogens with one attached hydrogen (secondary N) is 2. The van der Waals surface area contributed by atoms with Crippen LogP contribution in [0.4, 0.5) is 0 Å². The van der Waals surface area contributed by atoms with Gasteiger partial charge in [0, 0.05) is 12.1 Å². The third-order valence-corrected chi connectivity index (χ3v) is 6.41. The fraction of sp³-hybridized carbons (Fsp3) is 0.227. The fourth-order valence-corrected chi connectivity index (χ4v) is 4.38. The van der Waals surface area contributed by atoms with Gasteiger partial charge in [-0.15, -0.1) is 0 Å². The molecule has 31 heavy (non-hydrogen) atoms. The van der Waals surface area contributed by atoms with Gasteiger partial charge >= 0.3 is 0 Å². The van der Waals surface area contributed by atoms with Gasteiger partial charge in [-0.1, -0.05) is 42.5 Å². The Morgan fingerprint density at radius 2 is 1.87 bits per heavy atom. The predicted octanol–water partition coefficient (Wildman–Crippen LogP) is 2.29. The van der Waals surface area contributed by atoms with Crippen LogP contribution in [0.3, 0.4) is 0 Å². The van der Waals surface area contributed by atoms with Crippen LogP contribution >= 0.6 is 0 Å². The zero-order valence-corrected chi connectivity index (χ0v) is 17.6. The van der Waals surface area contributed by atoms with Crippen LogP contribution in [0.25, 0.3) is 6.08 Å². The molecular formula is C22H23N5O3S. The molecule has 1 aromatic heterocycles. The van der Waals surface area contributed by atoms with Crippen LogP contribution in [0.5, 0.6) is 0 Å². The molecule has 9 heteroatoms. The first-order valence-corrected chi connectivity index (χ1v) is 11.5. The Kier molecular flexibility index (Phi) is 6.24. The normalized spacial score (nSPS) is 15.1. The van der Waals surface area contributed by atoms with Crippen LogP contribution in [0.15, 0.2) is 78.2 Å². The SMILES string of the molecule is O=C(/C=C/c1ccc(S(=O)(=O)NC2CC2)cc1)NC(Cn1cncn1)c1ccccc1. The highest BCUT2D eigenvalue weighted by molar-refractivity contribution is 7.89. The van der Waals surface area contributed by atoms with Gasteiger partial charge in [-0.2, -0.15) is 5.10 Å². The first-order chi connectivity index (χ1) is 15.0. The van der Waals surface area contributed by atoms with Gasteiger partial charge in [-0.3, -0.25) is 9.48 Å². The van der Waals surface area contributed by atoms with Crippen LogP contribution in [0, 0.1) is 0 Å². The Labute approximate surface area is 181 Å². The van der Waals surface area contributed by atoms with E-state index in [4.69, 9.17) is 0 Å². The van der Waals surface area contributed by atoms with Gasteiger partial charge in [0.05, 0.1) is 17.5 Å². The van der Waals surface area contributed by atoms with Gasteiger partial charge in [0.25, 0.3) is 0 Å². The molecule has 1 unspecified atom stereocenters. The van der Waals surface area contributed by atoms with Gasteiger partial charge in [-0.25, -0.2) is 18.1 Å². The lowest BCUT2D eigenvalue weighted by molar-refractivity contribution is -0.117. The molecule has 0 radical (unpaired) electrons. The van der Waals surface area contributed by atoms with Crippen molar-refractivity contribution in [3.8, 4) is 0 Å². The Balaban J connectivity index is 1.41. The summed E-state index contributed by atoms with van der Waals surface area (Å²) in [5.41, 5.74) is 1.69. The van der Waals surface area contributed by atoms with E-state index in [0.29, 0.717) is 6.54 Å². The molecule has 2 N–H and O–H groups in total. The van der Waals surface area contributed by atoms with Crippen molar-refractivity contribution in [1.82, 2.24) is 24.8 Å². The van der Waals surface area contributed by atoms with Crippen molar-refractivity contribution in [3.05, 3.63) is 84.5 Å². The molecule has 1 aliphatic rings. The highest BCUT2D eigenvalue weighted by Gasteiger charge is 2.27. The van der Waals surface area contributed by atoms with E-state index in [1.807, 2.05) is 30.3 Å². The second-order valence-corrected chi connectivity index (χ2v) is 9.10. The van der Waals surface area contributed by atoms with E-state index in [0.717, 1.165) is 24.0 Å². The first-order valence-electron chi connectivity index (χ1n) is 9.98. The molecular weight excluding hydrogens is 414 g/mol. The van der Waals surface area contributed by atoms with Crippen LogP contribution < -0.4 is 10.0 Å². The second-order valence-electron chi connectivity index (χ2n) is 7.39. The lowest BCUT2D eigenvalue weighted by Crippen LogP contribution is -2.30. The van der Waals surface area contributed by atoms with Gasteiger partial charge in [0.2, 0.25) is 15.9 Å². The molecule has 0 bridgehead atoms. The van der Waals surface area contributed by atoms with Crippen molar-refractivity contribution < 1.29 is 13.2 Å². The molecule has 160 valence electrons. The predicted molar refractivity (Wildman–Crippen MR) is 116 cm³/mol. The van der Waals surface area contributed by atoms with E-state index in [9.17, 15) is 13.2 Å². The van der Waals surface area contributed by atoms with E-state index >= 15 is 0 Å². The van der Waals surface area contributed by atoms with E-state index in [1.54, 1.807) is 41.4 Å². The molecule has 4 rings (SSSR count). The van der Waals surface area contributed by atoms with Gasteiger partial charge in [0.15, 0.2) is 0 Å². The zero-order chi connectivity index (χ0) is 21.7. The molecule has 1 amide bonds. The molecule has 1 aliphatic carbocycles. The highest BCUT2D eigenvalue weighted by Crippen LogP contribution is 2.22. The third-order valence-electron chi connectivity index (χ3n) is 4.87. The molecule has 1 atom stereocenters. The maximum absolute atomic E-state index is 12.5. The van der Waals surface area contributed by atoms with Crippen molar-refractivity contribution in [1.29, 1.82) is 0 Å². The summed E-state index contributed by atoms with van der Waals surface area (Å²) in [7, 11) is -3.48. The molecule has 2 aromatic carbocycles. The van der Waals surface area contributed by atoms with Crippen LogP contribution in [0.2, 0.25) is 0 Å². The molecule has 0 spiro atoms. The van der Waals surface area contributed by atoms with Crippen molar-refractivity contribution in [2.45, 2.75) is 36.4 Å². The number of amides is 1. The summed E-state index contributed by atoms with van der Waals surface area (Å²) in [6.07, 6.45) is 7.91. The van der Waals surface area contributed by atoms with E-state index in [2.05, 4.69) is 20.1 Å². The van der Waals surface area contributed by atoms with Crippen LogP contribution in [-0.2, 0) is 21.4 Å². The first kappa shape index (κ1) is 21.0. The maximum Gasteiger partial charge on any atom is 0.244 e. The molecule has 0 aliphatic heterocycles. The van der Waals surface area contributed by atoms with E-state index in [1.165, 1.54) is 12.4 Å². The number of nitrogens with zero attached hydrogens (tertiary/aromatic N) is 3. The number of aromatic nitrogens is 3.